The zero-order chi connectivity index (χ0) is 9.68. The summed E-state index contributed by atoms with van der Waals surface area (Å²) in [4.78, 5) is 0. The van der Waals surface area contributed by atoms with Crippen molar-refractivity contribution in [2.45, 2.75) is 32.7 Å². The third-order valence-corrected chi connectivity index (χ3v) is 2.74. The molecule has 1 heteroatoms. The number of nitrogens with two attached hydrogens (primary N) is 1. The molecule has 0 radical (unpaired) electrons. The molecule has 0 bridgehead atoms. The van der Waals surface area contributed by atoms with E-state index in [9.17, 15) is 0 Å². The molecule has 1 nitrogen and oxygen atoms in total. The Morgan fingerprint density at radius 1 is 1.08 bits per heavy atom. The van der Waals surface area contributed by atoms with Crippen LogP contribution in [-0.2, 0) is 0 Å². The van der Waals surface area contributed by atoms with Crippen molar-refractivity contribution in [2.24, 2.45) is 11.7 Å². The third-order valence-electron chi connectivity index (χ3n) is 2.74. The average molecular weight is 177 g/mol. The molecule has 0 amide bonds. The Bertz CT molecular complexity index is 226. The van der Waals surface area contributed by atoms with Crippen LogP contribution in [0.4, 0.5) is 0 Å². The summed E-state index contributed by atoms with van der Waals surface area (Å²) >= 11 is 0. The van der Waals surface area contributed by atoms with E-state index in [0.29, 0.717) is 5.92 Å². The van der Waals surface area contributed by atoms with Crippen LogP contribution in [0.1, 0.15) is 38.3 Å². The molecule has 0 spiro atoms. The van der Waals surface area contributed by atoms with Crippen molar-refractivity contribution in [2.75, 3.05) is 0 Å². The lowest BCUT2D eigenvalue weighted by atomic mass is 9.90. The molecular weight excluding hydrogens is 158 g/mol. The molecule has 0 heterocycles. The Morgan fingerprint density at radius 3 is 2.08 bits per heavy atom. The summed E-state index contributed by atoms with van der Waals surface area (Å²) in [5, 5.41) is 0. The Morgan fingerprint density at radius 2 is 1.62 bits per heavy atom. The van der Waals surface area contributed by atoms with Crippen LogP contribution in [0.2, 0.25) is 0 Å². The van der Waals surface area contributed by atoms with Crippen LogP contribution in [0.3, 0.4) is 0 Å². The molecule has 0 aromatic heterocycles. The van der Waals surface area contributed by atoms with Gasteiger partial charge in [-0.25, -0.2) is 0 Å². The van der Waals surface area contributed by atoms with Crippen molar-refractivity contribution in [1.29, 1.82) is 0 Å². The van der Waals surface area contributed by atoms with Gasteiger partial charge in [0, 0.05) is 6.04 Å². The highest BCUT2D eigenvalue weighted by molar-refractivity contribution is 5.19. The summed E-state index contributed by atoms with van der Waals surface area (Å²) in [6.45, 7) is 4.41. The molecular formula is C12H19N. The molecule has 2 N–H and O–H groups in total. The van der Waals surface area contributed by atoms with Crippen LogP contribution in [0.15, 0.2) is 30.3 Å². The van der Waals surface area contributed by atoms with Crippen molar-refractivity contribution < 1.29 is 0 Å². The fraction of sp³-hybridized carbons (Fsp3) is 0.500. The van der Waals surface area contributed by atoms with Gasteiger partial charge in [-0.3, -0.25) is 0 Å². The van der Waals surface area contributed by atoms with Gasteiger partial charge in [-0.2, -0.15) is 0 Å². The van der Waals surface area contributed by atoms with Gasteiger partial charge in [-0.15, -0.1) is 0 Å². The van der Waals surface area contributed by atoms with Crippen molar-refractivity contribution in [3.63, 3.8) is 0 Å². The smallest absolute Gasteiger partial charge is 0.0323 e. The molecule has 0 saturated heterocycles. The van der Waals surface area contributed by atoms with Gasteiger partial charge in [-0.1, -0.05) is 57.0 Å². The number of benzene rings is 1. The number of hydrogen-bond acceptors (Lipinski definition) is 1. The van der Waals surface area contributed by atoms with E-state index < -0.39 is 0 Å². The maximum atomic E-state index is 6.16. The van der Waals surface area contributed by atoms with E-state index in [0.717, 1.165) is 12.8 Å². The molecule has 1 rings (SSSR count). The highest BCUT2D eigenvalue weighted by Crippen LogP contribution is 2.24. The molecule has 0 aliphatic rings. The fourth-order valence-corrected chi connectivity index (χ4v) is 1.74. The van der Waals surface area contributed by atoms with E-state index in [4.69, 9.17) is 5.73 Å². The van der Waals surface area contributed by atoms with Gasteiger partial charge in [-0.05, 0) is 11.5 Å². The van der Waals surface area contributed by atoms with Gasteiger partial charge in [0.15, 0.2) is 0 Å². The Kier molecular flexibility index (Phi) is 3.97. The second-order valence-electron chi connectivity index (χ2n) is 3.51. The molecule has 1 atom stereocenters. The summed E-state index contributed by atoms with van der Waals surface area (Å²) < 4.78 is 0. The molecule has 13 heavy (non-hydrogen) atoms. The maximum absolute atomic E-state index is 6.16. The molecule has 0 unspecified atom stereocenters. The third kappa shape index (κ3) is 2.56. The minimum atomic E-state index is 0.205. The largest absolute Gasteiger partial charge is 0.324 e. The van der Waals surface area contributed by atoms with Gasteiger partial charge in [0.1, 0.15) is 0 Å². The van der Waals surface area contributed by atoms with Crippen molar-refractivity contribution in [1.82, 2.24) is 0 Å². The van der Waals surface area contributed by atoms with Crippen molar-refractivity contribution in [3.8, 4) is 0 Å². The summed E-state index contributed by atoms with van der Waals surface area (Å²) in [7, 11) is 0. The lowest BCUT2D eigenvalue weighted by molar-refractivity contribution is 0.405. The van der Waals surface area contributed by atoms with E-state index in [2.05, 4.69) is 38.1 Å². The van der Waals surface area contributed by atoms with Gasteiger partial charge < -0.3 is 5.73 Å². The SMILES string of the molecule is CCC(CC)[C@H](N)c1ccccc1. The lowest BCUT2D eigenvalue weighted by Gasteiger charge is -2.21. The van der Waals surface area contributed by atoms with E-state index in [-0.39, 0.29) is 6.04 Å². The predicted molar refractivity (Wildman–Crippen MR) is 57.4 cm³/mol. The quantitative estimate of drug-likeness (QED) is 0.751. The molecule has 0 saturated carbocycles. The minimum absolute atomic E-state index is 0.205. The van der Waals surface area contributed by atoms with Crippen molar-refractivity contribution >= 4 is 0 Å². The predicted octanol–water partition coefficient (Wildman–Crippen LogP) is 3.12. The van der Waals surface area contributed by atoms with Gasteiger partial charge in [0.05, 0.1) is 0 Å². The number of rotatable bonds is 4. The van der Waals surface area contributed by atoms with E-state index in [1.54, 1.807) is 0 Å². The molecule has 72 valence electrons. The Labute approximate surface area is 81.0 Å². The monoisotopic (exact) mass is 177 g/mol. The first-order valence-electron chi connectivity index (χ1n) is 5.10. The van der Waals surface area contributed by atoms with E-state index >= 15 is 0 Å². The van der Waals surface area contributed by atoms with E-state index in [1.807, 2.05) is 6.07 Å². The number of hydrogen-bond donors (Lipinski definition) is 1. The van der Waals surface area contributed by atoms with Crippen LogP contribution in [0.25, 0.3) is 0 Å². The second-order valence-corrected chi connectivity index (χ2v) is 3.51. The first-order valence-corrected chi connectivity index (χ1v) is 5.10. The topological polar surface area (TPSA) is 26.0 Å². The zero-order valence-electron chi connectivity index (χ0n) is 8.53. The Balaban J connectivity index is 2.72. The first kappa shape index (κ1) is 10.3. The summed E-state index contributed by atoms with van der Waals surface area (Å²) in [6.07, 6.45) is 2.32. The minimum Gasteiger partial charge on any atom is -0.324 e. The second kappa shape index (κ2) is 5.03. The molecule has 0 aliphatic heterocycles. The van der Waals surface area contributed by atoms with Crippen LogP contribution < -0.4 is 5.73 Å². The molecule has 0 aliphatic carbocycles. The molecule has 0 fully saturated rings. The summed E-state index contributed by atoms with van der Waals surface area (Å²) in [5.41, 5.74) is 7.42. The van der Waals surface area contributed by atoms with Crippen LogP contribution in [0, 0.1) is 5.92 Å². The first-order chi connectivity index (χ1) is 6.29. The summed E-state index contributed by atoms with van der Waals surface area (Å²) in [6, 6.07) is 10.6. The van der Waals surface area contributed by atoms with Crippen LogP contribution in [0.5, 0.6) is 0 Å². The van der Waals surface area contributed by atoms with Crippen LogP contribution >= 0.6 is 0 Å². The van der Waals surface area contributed by atoms with Gasteiger partial charge in [0.2, 0.25) is 0 Å². The highest BCUT2D eigenvalue weighted by atomic mass is 14.6. The van der Waals surface area contributed by atoms with Gasteiger partial charge >= 0.3 is 0 Å². The fourth-order valence-electron chi connectivity index (χ4n) is 1.74. The van der Waals surface area contributed by atoms with Crippen LogP contribution in [-0.4, -0.2) is 0 Å². The Hall–Kier alpha value is -0.820. The zero-order valence-corrected chi connectivity index (χ0v) is 8.53. The van der Waals surface area contributed by atoms with E-state index in [1.165, 1.54) is 5.56 Å². The maximum Gasteiger partial charge on any atom is 0.0323 e. The normalized spacial score (nSPS) is 13.2. The van der Waals surface area contributed by atoms with Crippen molar-refractivity contribution in [3.05, 3.63) is 35.9 Å². The molecule has 1 aromatic rings. The standard InChI is InChI=1S/C12H19N/c1-3-10(4-2)12(13)11-8-6-5-7-9-11/h5-10,12H,3-4,13H2,1-2H3/t12-/m0/s1. The molecule has 1 aromatic carbocycles. The highest BCUT2D eigenvalue weighted by Gasteiger charge is 2.14. The summed E-state index contributed by atoms with van der Waals surface area (Å²) in [5.74, 6) is 0.613. The lowest BCUT2D eigenvalue weighted by Crippen LogP contribution is -2.20. The van der Waals surface area contributed by atoms with Gasteiger partial charge in [0.25, 0.3) is 0 Å². The average Bonchev–Trinajstić information content (AvgIpc) is 2.21.